The summed E-state index contributed by atoms with van der Waals surface area (Å²) in [5.41, 5.74) is -0.790. The van der Waals surface area contributed by atoms with Gasteiger partial charge in [-0.3, -0.25) is 0 Å². The number of ether oxygens (including phenoxy) is 2. The molecule has 0 amide bonds. The number of benzene rings is 1. The van der Waals surface area contributed by atoms with E-state index in [0.29, 0.717) is 0 Å². The van der Waals surface area contributed by atoms with E-state index in [9.17, 15) is 18.0 Å². The molecule has 0 spiro atoms. The Kier molecular flexibility index (Phi) is 3.56. The molecule has 0 fully saturated rings. The first-order valence-corrected chi connectivity index (χ1v) is 5.67. The standard InChI is InChI=1S/C12H8ClF3O4/c1-19-8-4-6(13)2-5-3-7(11(17)18)10(12(14,15)16)20-9(5)8/h2-4,10H,1H3,(H,17,18)/t10-/m1/s1. The van der Waals surface area contributed by atoms with Crippen LogP contribution in [0.4, 0.5) is 13.2 Å². The number of alkyl halides is 3. The lowest BCUT2D eigenvalue weighted by atomic mass is 10.0. The highest BCUT2D eigenvalue weighted by atomic mass is 35.5. The maximum absolute atomic E-state index is 12.9. The van der Waals surface area contributed by atoms with Gasteiger partial charge in [0.15, 0.2) is 11.5 Å². The Bertz CT molecular complexity index is 595. The quantitative estimate of drug-likeness (QED) is 0.912. The van der Waals surface area contributed by atoms with Crippen molar-refractivity contribution in [1.29, 1.82) is 0 Å². The average molecular weight is 309 g/mol. The molecule has 0 saturated heterocycles. The van der Waals surface area contributed by atoms with Crippen LogP contribution in [0.3, 0.4) is 0 Å². The van der Waals surface area contributed by atoms with E-state index in [1.54, 1.807) is 0 Å². The first-order valence-electron chi connectivity index (χ1n) is 5.30. The molecular weight excluding hydrogens is 301 g/mol. The van der Waals surface area contributed by atoms with Crippen molar-refractivity contribution < 1.29 is 32.5 Å². The molecular formula is C12H8ClF3O4. The molecule has 0 aromatic heterocycles. The summed E-state index contributed by atoms with van der Waals surface area (Å²) in [4.78, 5) is 10.9. The maximum Gasteiger partial charge on any atom is 0.430 e. The lowest BCUT2D eigenvalue weighted by molar-refractivity contribution is -0.187. The van der Waals surface area contributed by atoms with E-state index < -0.39 is 23.8 Å². The number of carboxylic acids is 1. The minimum absolute atomic E-state index is 0.00226. The summed E-state index contributed by atoms with van der Waals surface area (Å²) >= 11 is 5.78. The van der Waals surface area contributed by atoms with E-state index in [4.69, 9.17) is 26.2 Å². The number of fused-ring (bicyclic) bond motifs is 1. The molecule has 1 N–H and O–H groups in total. The molecule has 1 aromatic rings. The van der Waals surface area contributed by atoms with Gasteiger partial charge in [-0.15, -0.1) is 0 Å². The summed E-state index contributed by atoms with van der Waals surface area (Å²) in [6.07, 6.45) is -6.53. The number of aliphatic carboxylic acids is 1. The summed E-state index contributed by atoms with van der Waals surface area (Å²) in [5, 5.41) is 9.07. The molecule has 108 valence electrons. The lowest BCUT2D eigenvalue weighted by Gasteiger charge is -2.28. The Hall–Kier alpha value is -1.89. The third-order valence-electron chi connectivity index (χ3n) is 2.64. The van der Waals surface area contributed by atoms with Crippen molar-refractivity contribution in [2.45, 2.75) is 12.3 Å². The van der Waals surface area contributed by atoms with E-state index in [2.05, 4.69) is 0 Å². The van der Waals surface area contributed by atoms with Gasteiger partial charge in [-0.1, -0.05) is 11.6 Å². The zero-order valence-electron chi connectivity index (χ0n) is 9.99. The molecule has 4 nitrogen and oxygen atoms in total. The summed E-state index contributed by atoms with van der Waals surface area (Å²) < 4.78 is 48.3. The largest absolute Gasteiger partial charge is 0.493 e. The fourth-order valence-corrected chi connectivity index (χ4v) is 2.03. The molecule has 0 unspecified atom stereocenters. The van der Waals surface area contributed by atoms with Crippen LogP contribution in [0.15, 0.2) is 17.7 Å². The van der Waals surface area contributed by atoms with E-state index in [1.807, 2.05) is 0 Å². The van der Waals surface area contributed by atoms with Gasteiger partial charge in [0.1, 0.15) is 0 Å². The number of hydrogen-bond acceptors (Lipinski definition) is 3. The van der Waals surface area contributed by atoms with Gasteiger partial charge in [-0.05, 0) is 12.1 Å². The Balaban J connectivity index is 2.62. The zero-order valence-corrected chi connectivity index (χ0v) is 10.7. The second-order valence-electron chi connectivity index (χ2n) is 3.97. The van der Waals surface area contributed by atoms with Gasteiger partial charge in [-0.2, -0.15) is 13.2 Å². The van der Waals surface area contributed by atoms with Crippen molar-refractivity contribution in [1.82, 2.24) is 0 Å². The van der Waals surface area contributed by atoms with Crippen LogP contribution >= 0.6 is 11.6 Å². The highest BCUT2D eigenvalue weighted by molar-refractivity contribution is 6.31. The molecule has 0 saturated carbocycles. The molecule has 0 aliphatic carbocycles. The molecule has 1 atom stereocenters. The Morgan fingerprint density at radius 2 is 2.10 bits per heavy atom. The maximum atomic E-state index is 12.9. The van der Waals surface area contributed by atoms with E-state index in [0.717, 1.165) is 6.08 Å². The number of hydrogen-bond donors (Lipinski definition) is 1. The van der Waals surface area contributed by atoms with Gasteiger partial charge in [-0.25, -0.2) is 4.79 Å². The number of rotatable bonds is 2. The Morgan fingerprint density at radius 3 is 2.60 bits per heavy atom. The van der Waals surface area contributed by atoms with Crippen LogP contribution in [0.25, 0.3) is 6.08 Å². The average Bonchev–Trinajstić information content (AvgIpc) is 2.34. The zero-order chi connectivity index (χ0) is 15.1. The molecule has 0 bridgehead atoms. The van der Waals surface area contributed by atoms with Crippen molar-refractivity contribution in [3.05, 3.63) is 28.3 Å². The molecule has 1 aromatic carbocycles. The highest BCUT2D eigenvalue weighted by Gasteiger charge is 2.49. The van der Waals surface area contributed by atoms with Gasteiger partial charge in [0.2, 0.25) is 6.10 Å². The predicted octanol–water partition coefficient (Wildman–Crippen LogP) is 3.14. The van der Waals surface area contributed by atoms with Crippen LogP contribution in [-0.4, -0.2) is 30.5 Å². The van der Waals surface area contributed by atoms with Crippen molar-refractivity contribution in [3.63, 3.8) is 0 Å². The van der Waals surface area contributed by atoms with Gasteiger partial charge < -0.3 is 14.6 Å². The van der Waals surface area contributed by atoms with E-state index in [1.165, 1.54) is 19.2 Å². The van der Waals surface area contributed by atoms with Crippen LogP contribution in [0, 0.1) is 0 Å². The number of methoxy groups -OCH3 is 1. The van der Waals surface area contributed by atoms with Gasteiger partial charge in [0, 0.05) is 16.7 Å². The van der Waals surface area contributed by atoms with Crippen LogP contribution < -0.4 is 9.47 Å². The lowest BCUT2D eigenvalue weighted by Crippen LogP contribution is -2.40. The fraction of sp³-hybridized carbons (Fsp3) is 0.250. The highest BCUT2D eigenvalue weighted by Crippen LogP contribution is 2.43. The molecule has 2 rings (SSSR count). The summed E-state index contributed by atoms with van der Waals surface area (Å²) in [6, 6.07) is 2.59. The second-order valence-corrected chi connectivity index (χ2v) is 4.41. The number of carbonyl (C=O) groups is 1. The van der Waals surface area contributed by atoms with Gasteiger partial charge in [0.05, 0.1) is 12.7 Å². The van der Waals surface area contributed by atoms with Crippen LogP contribution in [0.1, 0.15) is 5.56 Å². The first kappa shape index (κ1) is 14.5. The van der Waals surface area contributed by atoms with Crippen molar-refractivity contribution in [2.75, 3.05) is 7.11 Å². The van der Waals surface area contributed by atoms with Gasteiger partial charge in [0.25, 0.3) is 0 Å². The molecule has 1 aliphatic rings. The topological polar surface area (TPSA) is 55.8 Å². The Labute approximate surface area is 116 Å². The summed E-state index contributed by atoms with van der Waals surface area (Å²) in [7, 11) is 1.24. The second kappa shape index (κ2) is 4.90. The number of halogens is 4. The van der Waals surface area contributed by atoms with E-state index >= 15 is 0 Å². The molecule has 0 radical (unpaired) electrons. The van der Waals surface area contributed by atoms with Gasteiger partial charge >= 0.3 is 12.1 Å². The van der Waals surface area contributed by atoms with Crippen LogP contribution in [0.5, 0.6) is 11.5 Å². The third kappa shape index (κ3) is 2.53. The fourth-order valence-electron chi connectivity index (χ4n) is 1.82. The van der Waals surface area contributed by atoms with Crippen molar-refractivity contribution in [2.24, 2.45) is 0 Å². The monoisotopic (exact) mass is 308 g/mol. The SMILES string of the molecule is COc1cc(Cl)cc2c1O[C@@H](C(F)(F)F)C(C(=O)O)=C2. The molecule has 8 heteroatoms. The molecule has 1 aliphatic heterocycles. The first-order chi connectivity index (χ1) is 9.24. The normalized spacial score (nSPS) is 17.9. The minimum Gasteiger partial charge on any atom is -0.493 e. The third-order valence-corrected chi connectivity index (χ3v) is 2.86. The molecule has 20 heavy (non-hydrogen) atoms. The number of carboxylic acid groups (broad SMARTS) is 1. The molecule has 1 heterocycles. The smallest absolute Gasteiger partial charge is 0.430 e. The predicted molar refractivity (Wildman–Crippen MR) is 64.1 cm³/mol. The summed E-state index contributed by atoms with van der Waals surface area (Å²) in [6.45, 7) is 0. The van der Waals surface area contributed by atoms with Crippen LogP contribution in [0.2, 0.25) is 5.02 Å². The van der Waals surface area contributed by atoms with E-state index in [-0.39, 0.29) is 22.1 Å². The van der Waals surface area contributed by atoms with Crippen LogP contribution in [-0.2, 0) is 4.79 Å². The van der Waals surface area contributed by atoms with Crippen molar-refractivity contribution in [3.8, 4) is 11.5 Å². The van der Waals surface area contributed by atoms with Crippen molar-refractivity contribution >= 4 is 23.6 Å². The Morgan fingerprint density at radius 1 is 1.45 bits per heavy atom. The minimum atomic E-state index is -4.85. The summed E-state index contributed by atoms with van der Waals surface area (Å²) in [5.74, 6) is -1.90.